The molecule has 1 N–H and O–H groups in total. The van der Waals surface area contributed by atoms with E-state index in [1.807, 2.05) is 24.0 Å². The van der Waals surface area contributed by atoms with Gasteiger partial charge in [0.15, 0.2) is 5.11 Å². The molecule has 7 heteroatoms. The second-order valence-electron chi connectivity index (χ2n) is 4.60. The third-order valence-corrected chi connectivity index (χ3v) is 3.48. The van der Waals surface area contributed by atoms with Crippen molar-refractivity contribution in [1.29, 1.82) is 0 Å². The Labute approximate surface area is 133 Å². The van der Waals surface area contributed by atoms with Crippen molar-refractivity contribution in [3.8, 4) is 0 Å². The summed E-state index contributed by atoms with van der Waals surface area (Å²) in [6.07, 6.45) is 3.49. The minimum atomic E-state index is -0.427. The highest BCUT2D eigenvalue weighted by Crippen LogP contribution is 2.16. The Morgan fingerprint density at radius 1 is 1.27 bits per heavy atom. The molecule has 0 amide bonds. The van der Waals surface area contributed by atoms with Crippen molar-refractivity contribution < 1.29 is 4.92 Å². The van der Waals surface area contributed by atoms with E-state index in [1.54, 1.807) is 24.5 Å². The largest absolute Gasteiger partial charge is 0.345 e. The maximum absolute atomic E-state index is 10.6. The van der Waals surface area contributed by atoms with Gasteiger partial charge in [0.2, 0.25) is 0 Å². The van der Waals surface area contributed by atoms with E-state index in [-0.39, 0.29) is 5.69 Å². The summed E-state index contributed by atoms with van der Waals surface area (Å²) in [5.41, 5.74) is 1.90. The molecule has 0 aliphatic carbocycles. The molecule has 114 valence electrons. The molecular formula is C15H16N4O2S. The first-order chi connectivity index (χ1) is 10.6. The number of aromatic nitrogens is 1. The van der Waals surface area contributed by atoms with E-state index in [2.05, 4.69) is 10.3 Å². The number of hydrogen-bond acceptors (Lipinski definition) is 4. The molecule has 0 bridgehead atoms. The van der Waals surface area contributed by atoms with Gasteiger partial charge < -0.3 is 10.2 Å². The zero-order chi connectivity index (χ0) is 15.9. The lowest BCUT2D eigenvalue weighted by Gasteiger charge is -2.24. The van der Waals surface area contributed by atoms with Gasteiger partial charge in [-0.2, -0.15) is 0 Å². The quantitative estimate of drug-likeness (QED) is 0.519. The average Bonchev–Trinajstić information content (AvgIpc) is 2.54. The molecule has 6 nitrogen and oxygen atoms in total. The minimum absolute atomic E-state index is 0.0561. The smallest absolute Gasteiger partial charge is 0.269 e. The standard InChI is InChI=1S/C15H16N4O2S/c1-2-18(11-12-7-9-16-10-8-12)15(22)17-13-3-5-14(6-4-13)19(20)21/h3-10H,2,11H2,1H3,(H,17,22). The van der Waals surface area contributed by atoms with Crippen LogP contribution in [0.15, 0.2) is 48.8 Å². The van der Waals surface area contributed by atoms with Crippen LogP contribution >= 0.6 is 12.2 Å². The zero-order valence-corrected chi connectivity index (χ0v) is 12.9. The highest BCUT2D eigenvalue weighted by Gasteiger charge is 2.10. The Hall–Kier alpha value is -2.54. The molecule has 0 fully saturated rings. The summed E-state index contributed by atoms with van der Waals surface area (Å²) in [6, 6.07) is 10.1. The topological polar surface area (TPSA) is 71.3 Å². The van der Waals surface area contributed by atoms with Crippen LogP contribution in [0.2, 0.25) is 0 Å². The van der Waals surface area contributed by atoms with Crippen molar-refractivity contribution in [2.75, 3.05) is 11.9 Å². The van der Waals surface area contributed by atoms with Gasteiger partial charge in [-0.1, -0.05) is 0 Å². The molecular weight excluding hydrogens is 300 g/mol. The third-order valence-electron chi connectivity index (χ3n) is 3.12. The number of hydrogen-bond donors (Lipinski definition) is 1. The lowest BCUT2D eigenvalue weighted by atomic mass is 10.2. The number of nitrogens with zero attached hydrogens (tertiary/aromatic N) is 3. The van der Waals surface area contributed by atoms with Crippen LogP contribution in [0.25, 0.3) is 0 Å². The summed E-state index contributed by atoms with van der Waals surface area (Å²) in [5, 5.41) is 14.3. The summed E-state index contributed by atoms with van der Waals surface area (Å²) in [5.74, 6) is 0. The number of nitro benzene ring substituents is 1. The monoisotopic (exact) mass is 316 g/mol. The number of pyridine rings is 1. The number of non-ortho nitro benzene ring substituents is 1. The SMILES string of the molecule is CCN(Cc1ccncc1)C(=S)Nc1ccc([N+](=O)[O-])cc1. The molecule has 1 aromatic carbocycles. The van der Waals surface area contributed by atoms with Crippen LogP contribution in [-0.2, 0) is 6.54 Å². The maximum Gasteiger partial charge on any atom is 0.269 e. The number of thiocarbonyl (C=S) groups is 1. The van der Waals surface area contributed by atoms with Crippen LogP contribution in [0, 0.1) is 10.1 Å². The maximum atomic E-state index is 10.6. The van der Waals surface area contributed by atoms with Crippen molar-refractivity contribution in [2.45, 2.75) is 13.5 Å². The van der Waals surface area contributed by atoms with E-state index in [0.29, 0.717) is 11.7 Å². The molecule has 1 heterocycles. The number of rotatable bonds is 5. The van der Waals surface area contributed by atoms with Crippen molar-refractivity contribution >= 4 is 28.7 Å². The van der Waals surface area contributed by atoms with E-state index in [1.165, 1.54) is 12.1 Å². The highest BCUT2D eigenvalue weighted by atomic mass is 32.1. The molecule has 0 unspecified atom stereocenters. The Morgan fingerprint density at radius 2 is 1.91 bits per heavy atom. The summed E-state index contributed by atoms with van der Waals surface area (Å²) >= 11 is 5.41. The molecule has 0 saturated heterocycles. The molecule has 0 aliphatic rings. The van der Waals surface area contributed by atoms with Crippen molar-refractivity contribution in [2.24, 2.45) is 0 Å². The van der Waals surface area contributed by atoms with E-state index in [4.69, 9.17) is 12.2 Å². The summed E-state index contributed by atoms with van der Waals surface area (Å²) < 4.78 is 0. The van der Waals surface area contributed by atoms with Gasteiger partial charge in [-0.3, -0.25) is 15.1 Å². The lowest BCUT2D eigenvalue weighted by molar-refractivity contribution is -0.384. The van der Waals surface area contributed by atoms with Crippen LogP contribution in [0.3, 0.4) is 0 Å². The van der Waals surface area contributed by atoms with Crippen molar-refractivity contribution in [3.05, 3.63) is 64.5 Å². The molecule has 1 aromatic heterocycles. The van der Waals surface area contributed by atoms with Gasteiger partial charge >= 0.3 is 0 Å². The van der Waals surface area contributed by atoms with Crippen molar-refractivity contribution in [1.82, 2.24) is 9.88 Å². The number of benzene rings is 1. The average molecular weight is 316 g/mol. The number of nitrogens with one attached hydrogen (secondary N) is 1. The Balaban J connectivity index is 2.01. The number of anilines is 1. The van der Waals surface area contributed by atoms with Gasteiger partial charge in [0, 0.05) is 43.3 Å². The predicted octanol–water partition coefficient (Wildman–Crippen LogP) is 3.21. The summed E-state index contributed by atoms with van der Waals surface area (Å²) in [7, 11) is 0. The van der Waals surface area contributed by atoms with E-state index < -0.39 is 4.92 Å². The minimum Gasteiger partial charge on any atom is -0.345 e. The Morgan fingerprint density at radius 3 is 2.45 bits per heavy atom. The molecule has 2 rings (SSSR count). The molecule has 22 heavy (non-hydrogen) atoms. The summed E-state index contributed by atoms with van der Waals surface area (Å²) in [4.78, 5) is 16.2. The molecule has 0 saturated carbocycles. The van der Waals surface area contributed by atoms with E-state index in [9.17, 15) is 10.1 Å². The van der Waals surface area contributed by atoms with E-state index >= 15 is 0 Å². The molecule has 0 atom stereocenters. The number of nitro groups is 1. The lowest BCUT2D eigenvalue weighted by Crippen LogP contribution is -2.34. The van der Waals surface area contributed by atoms with Gasteiger partial charge in [0.25, 0.3) is 5.69 Å². The van der Waals surface area contributed by atoms with Gasteiger partial charge in [0.05, 0.1) is 4.92 Å². The molecule has 0 aliphatic heterocycles. The van der Waals surface area contributed by atoms with Crippen molar-refractivity contribution in [3.63, 3.8) is 0 Å². The van der Waals surface area contributed by atoms with Gasteiger partial charge in [0.1, 0.15) is 0 Å². The second kappa shape index (κ2) is 7.46. The van der Waals surface area contributed by atoms with Gasteiger partial charge in [-0.25, -0.2) is 0 Å². The van der Waals surface area contributed by atoms with Crippen LogP contribution < -0.4 is 5.32 Å². The predicted molar refractivity (Wildman–Crippen MR) is 89.6 cm³/mol. The fourth-order valence-electron chi connectivity index (χ4n) is 1.90. The Bertz CT molecular complexity index is 646. The van der Waals surface area contributed by atoms with E-state index in [0.717, 1.165) is 17.8 Å². The van der Waals surface area contributed by atoms with Crippen LogP contribution in [0.1, 0.15) is 12.5 Å². The first-order valence-corrected chi connectivity index (χ1v) is 7.20. The molecule has 0 spiro atoms. The molecule has 2 aromatic rings. The fraction of sp³-hybridized carbons (Fsp3) is 0.200. The van der Waals surface area contributed by atoms with Crippen LogP contribution in [0.5, 0.6) is 0 Å². The van der Waals surface area contributed by atoms with Gasteiger partial charge in [-0.05, 0) is 49.0 Å². The van der Waals surface area contributed by atoms with Crippen LogP contribution in [-0.4, -0.2) is 26.5 Å². The Kier molecular flexibility index (Phi) is 5.37. The third kappa shape index (κ3) is 4.23. The van der Waals surface area contributed by atoms with Gasteiger partial charge in [-0.15, -0.1) is 0 Å². The molecule has 0 radical (unpaired) electrons. The first kappa shape index (κ1) is 15.8. The normalized spacial score (nSPS) is 10.0. The second-order valence-corrected chi connectivity index (χ2v) is 4.99. The van der Waals surface area contributed by atoms with Crippen LogP contribution in [0.4, 0.5) is 11.4 Å². The first-order valence-electron chi connectivity index (χ1n) is 6.79. The summed E-state index contributed by atoms with van der Waals surface area (Å²) in [6.45, 7) is 3.45. The zero-order valence-electron chi connectivity index (χ0n) is 12.1. The highest BCUT2D eigenvalue weighted by molar-refractivity contribution is 7.80. The fourth-order valence-corrected chi connectivity index (χ4v) is 2.22.